The van der Waals surface area contributed by atoms with Crippen LogP contribution in [0.5, 0.6) is 0 Å². The third-order valence-corrected chi connectivity index (χ3v) is 3.12. The van der Waals surface area contributed by atoms with Crippen molar-refractivity contribution in [2.24, 2.45) is 0 Å². The number of carbonyl (C=O) groups excluding carboxylic acids is 2. The maximum Gasteiger partial charge on any atom is 0.237 e. The molecule has 0 unspecified atom stereocenters. The van der Waals surface area contributed by atoms with Crippen molar-refractivity contribution in [2.45, 2.75) is 31.3 Å². The van der Waals surface area contributed by atoms with Gasteiger partial charge in [-0.1, -0.05) is 30.3 Å². The van der Waals surface area contributed by atoms with Gasteiger partial charge >= 0.3 is 0 Å². The Morgan fingerprint density at radius 1 is 1.44 bits per heavy atom. The van der Waals surface area contributed by atoms with E-state index in [-0.39, 0.29) is 11.9 Å². The van der Waals surface area contributed by atoms with Gasteiger partial charge in [-0.3, -0.25) is 9.59 Å². The first-order valence-corrected chi connectivity index (χ1v) is 6.25. The zero-order chi connectivity index (χ0) is 12.8. The molecule has 1 aromatic rings. The van der Waals surface area contributed by atoms with Gasteiger partial charge in [-0.2, -0.15) is 0 Å². The van der Waals surface area contributed by atoms with Gasteiger partial charge in [0.25, 0.3) is 0 Å². The Labute approximate surface area is 107 Å². The van der Waals surface area contributed by atoms with E-state index in [0.29, 0.717) is 6.42 Å². The molecular weight excluding hydrogens is 228 g/mol. The fourth-order valence-electron chi connectivity index (χ4n) is 2.15. The van der Waals surface area contributed by atoms with Crippen LogP contribution in [0.15, 0.2) is 30.3 Å². The molecule has 4 heteroatoms. The van der Waals surface area contributed by atoms with E-state index in [1.807, 2.05) is 36.6 Å². The van der Waals surface area contributed by atoms with E-state index >= 15 is 0 Å². The highest BCUT2D eigenvalue weighted by molar-refractivity contribution is 5.84. The Bertz CT molecular complexity index is 400. The van der Waals surface area contributed by atoms with Gasteiger partial charge in [0.05, 0.1) is 12.1 Å². The van der Waals surface area contributed by atoms with E-state index in [9.17, 15) is 9.59 Å². The van der Waals surface area contributed by atoms with Crippen LogP contribution in [0.4, 0.5) is 0 Å². The molecule has 1 heterocycles. The van der Waals surface area contributed by atoms with Gasteiger partial charge in [-0.05, 0) is 24.9 Å². The quantitative estimate of drug-likeness (QED) is 0.797. The number of rotatable bonds is 5. The largest absolute Gasteiger partial charge is 0.344 e. The Kier molecular flexibility index (Phi) is 4.47. The van der Waals surface area contributed by atoms with Gasteiger partial charge < -0.3 is 10.6 Å². The number of hydrogen-bond donors (Lipinski definition) is 2. The molecule has 1 radical (unpaired) electrons. The molecule has 0 saturated carbocycles. The lowest BCUT2D eigenvalue weighted by atomic mass is 10.1. The number of carbonyl (C=O) groups is 1. The van der Waals surface area contributed by atoms with Crippen LogP contribution in [0.2, 0.25) is 0 Å². The average molecular weight is 245 g/mol. The number of hydrogen-bond acceptors (Lipinski definition) is 3. The van der Waals surface area contributed by atoms with Crippen molar-refractivity contribution in [1.82, 2.24) is 10.6 Å². The van der Waals surface area contributed by atoms with Gasteiger partial charge in [-0.25, -0.2) is 0 Å². The lowest BCUT2D eigenvalue weighted by Crippen LogP contribution is -2.46. The van der Waals surface area contributed by atoms with Gasteiger partial charge in [0.1, 0.15) is 0 Å². The first-order chi connectivity index (χ1) is 8.79. The molecule has 0 aliphatic carbocycles. The normalized spacial score (nSPS) is 20.3. The van der Waals surface area contributed by atoms with Crippen molar-refractivity contribution < 1.29 is 9.59 Å². The summed E-state index contributed by atoms with van der Waals surface area (Å²) in [6.45, 7) is 0.867. The second-order valence-electron chi connectivity index (χ2n) is 4.52. The summed E-state index contributed by atoms with van der Waals surface area (Å²) in [7, 11) is 0. The highest BCUT2D eigenvalue weighted by Gasteiger charge is 2.24. The fraction of sp³-hybridized carbons (Fsp3) is 0.429. The summed E-state index contributed by atoms with van der Waals surface area (Å²) in [6, 6.07) is 8.90. The summed E-state index contributed by atoms with van der Waals surface area (Å²) in [5.41, 5.74) is 1.02. The second-order valence-corrected chi connectivity index (χ2v) is 4.52. The molecule has 18 heavy (non-hydrogen) atoms. The van der Waals surface area contributed by atoms with Crippen molar-refractivity contribution in [2.75, 3.05) is 6.54 Å². The fourth-order valence-corrected chi connectivity index (χ4v) is 2.15. The van der Waals surface area contributed by atoms with Crippen LogP contribution in [-0.2, 0) is 16.0 Å². The minimum Gasteiger partial charge on any atom is -0.344 e. The minimum absolute atomic E-state index is 0.100. The van der Waals surface area contributed by atoms with Gasteiger partial charge in [0.2, 0.25) is 12.2 Å². The highest BCUT2D eigenvalue weighted by atomic mass is 16.2. The van der Waals surface area contributed by atoms with Crippen LogP contribution in [0.3, 0.4) is 0 Å². The Morgan fingerprint density at radius 2 is 2.22 bits per heavy atom. The molecule has 0 bridgehead atoms. The third-order valence-electron chi connectivity index (χ3n) is 3.12. The van der Waals surface area contributed by atoms with Crippen LogP contribution in [0, 0.1) is 0 Å². The average Bonchev–Trinajstić information content (AvgIpc) is 2.93. The Hall–Kier alpha value is -1.68. The molecule has 0 spiro atoms. The van der Waals surface area contributed by atoms with E-state index < -0.39 is 6.04 Å². The maximum atomic E-state index is 11.9. The summed E-state index contributed by atoms with van der Waals surface area (Å²) in [6.07, 6.45) is 4.23. The summed E-state index contributed by atoms with van der Waals surface area (Å²) in [4.78, 5) is 22.8. The Balaban J connectivity index is 1.89. The topological polar surface area (TPSA) is 58.2 Å². The highest BCUT2D eigenvalue weighted by Crippen LogP contribution is 2.06. The molecule has 2 atom stereocenters. The molecule has 0 aromatic heterocycles. The van der Waals surface area contributed by atoms with E-state index in [0.717, 1.165) is 24.9 Å². The standard InChI is InChI=1S/C14H17N2O2/c17-10-12(9-11-5-2-1-3-6-11)16-14(18)13-7-4-8-15-13/h1-3,5-6,12-13,15H,4,7-9H2,(H,16,18)/t12-,13-/m1/s1. The predicted molar refractivity (Wildman–Crippen MR) is 68.8 cm³/mol. The van der Waals surface area contributed by atoms with E-state index in [1.165, 1.54) is 0 Å². The molecule has 1 aromatic carbocycles. The number of nitrogens with one attached hydrogen (secondary N) is 2. The Morgan fingerprint density at radius 3 is 2.83 bits per heavy atom. The number of benzene rings is 1. The zero-order valence-electron chi connectivity index (χ0n) is 10.2. The van der Waals surface area contributed by atoms with Crippen LogP contribution >= 0.6 is 0 Å². The maximum absolute atomic E-state index is 11.9. The molecule has 1 saturated heterocycles. The summed E-state index contributed by atoms with van der Waals surface area (Å²) >= 11 is 0. The van der Waals surface area contributed by atoms with Crippen LogP contribution in [0.25, 0.3) is 0 Å². The smallest absolute Gasteiger partial charge is 0.237 e. The van der Waals surface area contributed by atoms with Crippen LogP contribution in [-0.4, -0.2) is 30.8 Å². The minimum atomic E-state index is -0.567. The van der Waals surface area contributed by atoms with Gasteiger partial charge in [-0.15, -0.1) is 0 Å². The van der Waals surface area contributed by atoms with E-state index in [2.05, 4.69) is 10.6 Å². The molecular formula is C14H17N2O2. The molecule has 4 nitrogen and oxygen atoms in total. The van der Waals surface area contributed by atoms with Crippen molar-refractivity contribution >= 4 is 12.2 Å². The van der Waals surface area contributed by atoms with Crippen molar-refractivity contribution in [3.8, 4) is 0 Å². The molecule has 1 fully saturated rings. The van der Waals surface area contributed by atoms with Gasteiger partial charge in [0, 0.05) is 6.42 Å². The molecule has 2 rings (SSSR count). The first-order valence-electron chi connectivity index (χ1n) is 6.25. The summed E-state index contributed by atoms with van der Waals surface area (Å²) in [5, 5.41) is 5.84. The molecule has 1 aliphatic rings. The number of amides is 1. The SMILES string of the molecule is O=[C][C@@H](Cc1ccccc1)NC(=O)[C@H]1CCCN1. The molecule has 2 N–H and O–H groups in total. The monoisotopic (exact) mass is 245 g/mol. The second kappa shape index (κ2) is 6.31. The molecule has 1 aliphatic heterocycles. The molecule has 1 amide bonds. The summed E-state index contributed by atoms with van der Waals surface area (Å²) < 4.78 is 0. The van der Waals surface area contributed by atoms with E-state index in [1.54, 1.807) is 0 Å². The summed E-state index contributed by atoms with van der Waals surface area (Å²) in [5.74, 6) is -0.100. The van der Waals surface area contributed by atoms with Gasteiger partial charge in [0.15, 0.2) is 0 Å². The lowest BCUT2D eigenvalue weighted by molar-refractivity contribution is -0.123. The zero-order valence-corrected chi connectivity index (χ0v) is 10.2. The lowest BCUT2D eigenvalue weighted by Gasteiger charge is -2.15. The van der Waals surface area contributed by atoms with Crippen molar-refractivity contribution in [3.63, 3.8) is 0 Å². The predicted octanol–water partition coefficient (Wildman–Crippen LogP) is 0.576. The third kappa shape index (κ3) is 3.40. The van der Waals surface area contributed by atoms with Crippen molar-refractivity contribution in [3.05, 3.63) is 35.9 Å². The molecule has 95 valence electrons. The first kappa shape index (κ1) is 12.8. The van der Waals surface area contributed by atoms with Crippen LogP contribution in [0.1, 0.15) is 18.4 Å². The van der Waals surface area contributed by atoms with Crippen molar-refractivity contribution in [1.29, 1.82) is 0 Å². The van der Waals surface area contributed by atoms with E-state index in [4.69, 9.17) is 0 Å². The van der Waals surface area contributed by atoms with Crippen LogP contribution < -0.4 is 10.6 Å².